The van der Waals surface area contributed by atoms with Gasteiger partial charge in [-0.25, -0.2) is 0 Å². The van der Waals surface area contributed by atoms with E-state index in [9.17, 15) is 31.1 Å². The van der Waals surface area contributed by atoms with E-state index in [4.69, 9.17) is 0 Å². The minimum Gasteiger partial charge on any atom is -0.454 e. The number of halogens is 6. The van der Waals surface area contributed by atoms with Gasteiger partial charge in [0.15, 0.2) is 6.61 Å². The van der Waals surface area contributed by atoms with E-state index in [1.165, 1.54) is 22.9 Å². The molecule has 1 aliphatic rings. The minimum absolute atomic E-state index is 0.0381. The lowest BCUT2D eigenvalue weighted by atomic mass is 10.1. The predicted octanol–water partition coefficient (Wildman–Crippen LogP) is 3.94. The number of nitrogens with zero attached hydrogens (tertiary/aromatic N) is 6. The number of amides is 1. The second-order valence-corrected chi connectivity index (χ2v) is 9.19. The van der Waals surface area contributed by atoms with Crippen LogP contribution in [0, 0.1) is 0 Å². The summed E-state index contributed by atoms with van der Waals surface area (Å²) in [6.45, 7) is -0.479. The van der Waals surface area contributed by atoms with Gasteiger partial charge >= 0.3 is 18.4 Å². The number of nitrogens with one attached hydrogen (secondary N) is 3. The number of likely N-dealkylation sites (tertiary alicyclic amines) is 1. The van der Waals surface area contributed by atoms with Crippen molar-refractivity contribution in [2.45, 2.75) is 31.2 Å². The highest BCUT2D eigenvalue weighted by Crippen LogP contribution is 2.31. The Morgan fingerprint density at radius 1 is 1.08 bits per heavy atom. The van der Waals surface area contributed by atoms with Gasteiger partial charge in [-0.3, -0.25) is 15.0 Å². The van der Waals surface area contributed by atoms with Crippen molar-refractivity contribution in [3.8, 4) is 6.01 Å². The van der Waals surface area contributed by atoms with Crippen LogP contribution in [0.4, 0.5) is 49.1 Å². The van der Waals surface area contributed by atoms with E-state index in [1.54, 1.807) is 0 Å². The molecule has 210 valence electrons. The third-order valence-electron chi connectivity index (χ3n) is 5.32. The third-order valence-corrected chi connectivity index (χ3v) is 5.93. The van der Waals surface area contributed by atoms with Crippen molar-refractivity contribution in [3.63, 3.8) is 0 Å². The summed E-state index contributed by atoms with van der Waals surface area (Å²) in [7, 11) is 0. The Labute approximate surface area is 221 Å². The summed E-state index contributed by atoms with van der Waals surface area (Å²) in [5, 5.41) is 16.0. The maximum atomic E-state index is 13.1. The van der Waals surface area contributed by atoms with Crippen molar-refractivity contribution in [2.24, 2.45) is 0 Å². The van der Waals surface area contributed by atoms with E-state index in [0.29, 0.717) is 31.1 Å². The minimum atomic E-state index is -4.66. The van der Waals surface area contributed by atoms with Crippen LogP contribution in [0.5, 0.6) is 6.01 Å². The molecule has 39 heavy (non-hydrogen) atoms. The van der Waals surface area contributed by atoms with Crippen molar-refractivity contribution in [2.75, 3.05) is 42.2 Å². The Kier molecular flexibility index (Phi) is 8.63. The first-order valence-corrected chi connectivity index (χ1v) is 12.3. The van der Waals surface area contributed by atoms with Crippen LogP contribution in [0.3, 0.4) is 0 Å². The summed E-state index contributed by atoms with van der Waals surface area (Å²) < 4.78 is 81.8. The zero-order valence-corrected chi connectivity index (χ0v) is 20.7. The van der Waals surface area contributed by atoms with Crippen LogP contribution in [-0.4, -0.2) is 74.4 Å². The maximum absolute atomic E-state index is 13.1. The largest absolute Gasteiger partial charge is 0.454 e. The van der Waals surface area contributed by atoms with E-state index >= 15 is 0 Å². The molecule has 0 aliphatic carbocycles. The highest BCUT2D eigenvalue weighted by Gasteiger charge is 2.31. The lowest BCUT2D eigenvalue weighted by molar-refractivity contribution is -0.154. The van der Waals surface area contributed by atoms with E-state index in [2.05, 4.69) is 45.8 Å². The monoisotopic (exact) mass is 577 g/mol. The van der Waals surface area contributed by atoms with Crippen molar-refractivity contribution in [1.82, 2.24) is 30.0 Å². The number of piperidine rings is 1. The predicted molar refractivity (Wildman–Crippen MR) is 128 cm³/mol. The van der Waals surface area contributed by atoms with Gasteiger partial charge in [0.1, 0.15) is 5.51 Å². The quantitative estimate of drug-likeness (QED) is 0.322. The number of hydrogen-bond acceptors (Lipinski definition) is 11. The lowest BCUT2D eigenvalue weighted by Gasteiger charge is -2.31. The molecule has 4 rings (SSSR count). The molecule has 0 spiro atoms. The summed E-state index contributed by atoms with van der Waals surface area (Å²) in [5.41, 5.74) is 0.523. The average Bonchev–Trinajstić information content (AvgIpc) is 3.36. The molecular formula is C21H21F6N9O2S. The number of anilines is 4. The first-order chi connectivity index (χ1) is 18.4. The highest BCUT2D eigenvalue weighted by atomic mass is 32.1. The van der Waals surface area contributed by atoms with Crippen LogP contribution in [0.1, 0.15) is 18.4 Å². The number of benzene rings is 1. The number of rotatable bonds is 9. The third kappa shape index (κ3) is 8.88. The van der Waals surface area contributed by atoms with Crippen molar-refractivity contribution >= 4 is 40.0 Å². The summed E-state index contributed by atoms with van der Waals surface area (Å²) in [6, 6.07) is 3.30. The first-order valence-electron chi connectivity index (χ1n) is 11.4. The first kappa shape index (κ1) is 28.2. The Hall–Kier alpha value is -3.80. The van der Waals surface area contributed by atoms with Crippen LogP contribution in [0.2, 0.25) is 0 Å². The molecule has 0 unspecified atom stereocenters. The fourth-order valence-electron chi connectivity index (χ4n) is 3.60. The Morgan fingerprint density at radius 2 is 1.82 bits per heavy atom. The molecule has 11 nitrogen and oxygen atoms in total. The van der Waals surface area contributed by atoms with Gasteiger partial charge in [-0.2, -0.15) is 41.3 Å². The number of carbonyl (C=O) groups is 1. The number of alkyl halides is 6. The second kappa shape index (κ2) is 11.9. The van der Waals surface area contributed by atoms with Gasteiger partial charge in [0, 0.05) is 24.8 Å². The van der Waals surface area contributed by atoms with Gasteiger partial charge in [-0.15, -0.1) is 10.2 Å². The molecule has 3 aromatic rings. The molecule has 1 aromatic carbocycles. The average molecular weight is 578 g/mol. The number of hydrogen-bond donors (Lipinski definition) is 3. The lowest BCUT2D eigenvalue weighted by Crippen LogP contribution is -2.42. The van der Waals surface area contributed by atoms with Crippen LogP contribution in [0.15, 0.2) is 29.8 Å². The molecule has 2 aromatic heterocycles. The smallest absolute Gasteiger partial charge is 0.422 e. The van der Waals surface area contributed by atoms with Gasteiger partial charge in [-0.1, -0.05) is 17.4 Å². The van der Waals surface area contributed by atoms with Crippen molar-refractivity contribution in [1.29, 1.82) is 0 Å². The van der Waals surface area contributed by atoms with Crippen LogP contribution in [-0.2, 0) is 11.0 Å². The van der Waals surface area contributed by atoms with Crippen molar-refractivity contribution < 1.29 is 35.9 Å². The molecule has 3 N–H and O–H groups in total. The summed E-state index contributed by atoms with van der Waals surface area (Å²) in [5.74, 6) is -0.675. The van der Waals surface area contributed by atoms with E-state index in [0.717, 1.165) is 18.2 Å². The Balaban J connectivity index is 1.41. The van der Waals surface area contributed by atoms with E-state index in [-0.39, 0.29) is 36.1 Å². The second-order valence-electron chi connectivity index (χ2n) is 8.36. The highest BCUT2D eigenvalue weighted by molar-refractivity contribution is 7.13. The summed E-state index contributed by atoms with van der Waals surface area (Å²) >= 11 is 1.19. The molecule has 0 bridgehead atoms. The normalized spacial score (nSPS) is 15.1. The molecular weight excluding hydrogens is 556 g/mol. The molecule has 1 amide bonds. The van der Waals surface area contributed by atoms with Crippen LogP contribution in [0.25, 0.3) is 0 Å². The van der Waals surface area contributed by atoms with Gasteiger partial charge in [0.2, 0.25) is 22.9 Å². The summed E-state index contributed by atoms with van der Waals surface area (Å²) in [6.07, 6.45) is -8.16. The molecule has 1 saturated heterocycles. The SMILES string of the molecule is O=C(CN1CCC(Nc2nc(Nc3cccc(C(F)(F)F)c3)nc(OCC(F)(F)F)n2)CC1)Nc1nncs1. The van der Waals surface area contributed by atoms with E-state index in [1.807, 2.05) is 4.90 Å². The maximum Gasteiger partial charge on any atom is 0.422 e. The summed E-state index contributed by atoms with van der Waals surface area (Å²) in [4.78, 5) is 25.8. The number of carbonyl (C=O) groups excluding carboxylic acids is 1. The number of aromatic nitrogens is 5. The van der Waals surface area contributed by atoms with Crippen LogP contribution < -0.4 is 20.7 Å². The zero-order chi connectivity index (χ0) is 28.0. The van der Waals surface area contributed by atoms with Gasteiger partial charge in [-0.05, 0) is 31.0 Å². The molecule has 1 fully saturated rings. The molecule has 0 atom stereocenters. The molecule has 3 heterocycles. The molecule has 18 heteroatoms. The molecule has 1 aliphatic heterocycles. The Bertz CT molecular complexity index is 1250. The number of ether oxygens (including phenoxy) is 1. The van der Waals surface area contributed by atoms with Gasteiger partial charge in [0.05, 0.1) is 12.1 Å². The van der Waals surface area contributed by atoms with Gasteiger partial charge in [0.25, 0.3) is 0 Å². The molecule has 0 radical (unpaired) electrons. The molecule has 0 saturated carbocycles. The van der Waals surface area contributed by atoms with Gasteiger partial charge < -0.3 is 15.4 Å². The van der Waals surface area contributed by atoms with Crippen molar-refractivity contribution in [3.05, 3.63) is 35.3 Å². The topological polar surface area (TPSA) is 130 Å². The zero-order valence-electron chi connectivity index (χ0n) is 19.9. The fraction of sp³-hybridized carbons (Fsp3) is 0.429. The Morgan fingerprint density at radius 3 is 2.49 bits per heavy atom. The fourth-order valence-corrected chi connectivity index (χ4v) is 4.06. The van der Waals surface area contributed by atoms with Crippen LogP contribution >= 0.6 is 11.3 Å². The van der Waals surface area contributed by atoms with E-state index < -0.39 is 30.5 Å². The standard InChI is InChI=1S/C21H21F6N9O2S/c22-20(23,24)10-38-18-33-16(32-17(34-18)30-14-3-1-2-12(8-14)21(25,26)27)29-13-4-6-36(7-5-13)9-15(37)31-19-35-28-11-39-19/h1-3,8,11,13H,4-7,9-10H2,(H,31,35,37)(H2,29,30,32,33,34).